The van der Waals surface area contributed by atoms with Crippen LogP contribution in [0.4, 0.5) is 0 Å². The number of thiophene rings is 2. The molecule has 0 N–H and O–H groups in total. The van der Waals surface area contributed by atoms with Crippen molar-refractivity contribution in [3.8, 4) is 16.5 Å². The Bertz CT molecular complexity index is 903. The van der Waals surface area contributed by atoms with E-state index in [1.807, 2.05) is 22.9 Å². The first-order valence-electron chi connectivity index (χ1n) is 7.24. The molecule has 3 aromatic heterocycles. The van der Waals surface area contributed by atoms with Gasteiger partial charge in [0.15, 0.2) is 5.16 Å². The molecule has 4 nitrogen and oxygen atoms in total. The number of nitriles is 1. The molecule has 0 saturated heterocycles. The van der Waals surface area contributed by atoms with E-state index in [0.29, 0.717) is 11.8 Å². The molecule has 23 heavy (non-hydrogen) atoms. The molecule has 3 heterocycles. The zero-order valence-electron chi connectivity index (χ0n) is 12.6. The highest BCUT2D eigenvalue weighted by atomic mass is 32.2. The number of rotatable bonds is 6. The molecule has 0 aliphatic carbocycles. The van der Waals surface area contributed by atoms with Gasteiger partial charge in [-0.1, -0.05) is 17.8 Å². The number of nitrogens with zero attached hydrogens (tertiary/aromatic N) is 3. The lowest BCUT2D eigenvalue weighted by Gasteiger charge is -2.07. The first-order valence-corrected chi connectivity index (χ1v) is 9.98. The Morgan fingerprint density at radius 2 is 2.26 bits per heavy atom. The molecule has 3 aromatic rings. The average molecular weight is 362 g/mol. The third-order valence-corrected chi connectivity index (χ3v) is 6.37. The number of thioether (sulfide) groups is 1. The van der Waals surface area contributed by atoms with Gasteiger partial charge in [0, 0.05) is 35.0 Å². The average Bonchev–Trinajstić information content (AvgIpc) is 3.20. The van der Waals surface area contributed by atoms with Crippen LogP contribution in [0.2, 0.25) is 0 Å². The zero-order chi connectivity index (χ0) is 16.2. The molecule has 7 heteroatoms. The van der Waals surface area contributed by atoms with Gasteiger partial charge < -0.3 is 0 Å². The number of unbranched alkanes of at least 4 members (excludes halogenated alkanes) is 2. The van der Waals surface area contributed by atoms with Gasteiger partial charge in [0.1, 0.15) is 4.83 Å². The Balaban J connectivity index is 1.90. The van der Waals surface area contributed by atoms with E-state index in [1.54, 1.807) is 34.7 Å². The molecule has 0 spiro atoms. The smallest absolute Gasteiger partial charge is 0.263 e. The lowest BCUT2D eigenvalue weighted by molar-refractivity contribution is 0.726. The lowest BCUT2D eigenvalue weighted by atomic mass is 10.2. The summed E-state index contributed by atoms with van der Waals surface area (Å²) in [6.45, 7) is 0. The normalized spacial score (nSPS) is 11.0. The first-order chi connectivity index (χ1) is 11.2. The van der Waals surface area contributed by atoms with Crippen molar-refractivity contribution in [2.24, 2.45) is 7.05 Å². The summed E-state index contributed by atoms with van der Waals surface area (Å²) in [5, 5.41) is 14.1. The monoisotopic (exact) mass is 361 g/mol. The predicted molar refractivity (Wildman–Crippen MR) is 98.4 cm³/mol. The van der Waals surface area contributed by atoms with E-state index in [4.69, 9.17) is 5.26 Å². The zero-order valence-corrected chi connectivity index (χ0v) is 15.1. The van der Waals surface area contributed by atoms with Gasteiger partial charge in [0.05, 0.1) is 11.5 Å². The van der Waals surface area contributed by atoms with Crippen LogP contribution in [-0.2, 0) is 7.05 Å². The van der Waals surface area contributed by atoms with Gasteiger partial charge in [-0.05, 0) is 24.3 Å². The molecule has 118 valence electrons. The maximum absolute atomic E-state index is 12.7. The molecule has 0 bridgehead atoms. The van der Waals surface area contributed by atoms with E-state index in [-0.39, 0.29) is 5.56 Å². The molecule has 0 atom stereocenters. The van der Waals surface area contributed by atoms with Crippen LogP contribution in [0, 0.1) is 11.3 Å². The number of aromatic nitrogens is 2. The number of fused-ring (bicyclic) bond motifs is 1. The van der Waals surface area contributed by atoms with Gasteiger partial charge in [-0.2, -0.15) is 5.26 Å². The van der Waals surface area contributed by atoms with Gasteiger partial charge in [-0.15, -0.1) is 22.7 Å². The molecular formula is C16H15N3OS3. The van der Waals surface area contributed by atoms with Gasteiger partial charge >= 0.3 is 0 Å². The summed E-state index contributed by atoms with van der Waals surface area (Å²) < 4.78 is 1.64. The highest BCUT2D eigenvalue weighted by molar-refractivity contribution is 7.99. The largest absolute Gasteiger partial charge is 0.290 e. The van der Waals surface area contributed by atoms with Crippen LogP contribution in [0.1, 0.15) is 19.3 Å². The summed E-state index contributed by atoms with van der Waals surface area (Å²) in [5.74, 6) is 0.872. The Morgan fingerprint density at radius 3 is 3.00 bits per heavy atom. The fourth-order valence-electron chi connectivity index (χ4n) is 2.26. The molecule has 0 unspecified atom stereocenters. The van der Waals surface area contributed by atoms with Gasteiger partial charge in [-0.3, -0.25) is 9.36 Å². The maximum Gasteiger partial charge on any atom is 0.263 e. The molecule has 3 rings (SSSR count). The summed E-state index contributed by atoms with van der Waals surface area (Å²) in [4.78, 5) is 19.3. The SMILES string of the molecule is Cn1c(SCCCCC#N)nc2scc(-c3cccs3)c2c1=O. The molecule has 0 aromatic carbocycles. The second kappa shape index (κ2) is 7.30. The van der Waals surface area contributed by atoms with Crippen molar-refractivity contribution in [3.63, 3.8) is 0 Å². The molecule has 0 aliphatic rings. The Kier molecular flexibility index (Phi) is 5.16. The topological polar surface area (TPSA) is 58.7 Å². The third-order valence-electron chi connectivity index (χ3n) is 3.47. The summed E-state index contributed by atoms with van der Waals surface area (Å²) in [6, 6.07) is 6.17. The van der Waals surface area contributed by atoms with Crippen LogP contribution < -0.4 is 5.56 Å². The van der Waals surface area contributed by atoms with Crippen LogP contribution in [0.25, 0.3) is 20.7 Å². The summed E-state index contributed by atoms with van der Waals surface area (Å²) >= 11 is 4.74. The van der Waals surface area contributed by atoms with Crippen molar-refractivity contribution in [1.29, 1.82) is 5.26 Å². The van der Waals surface area contributed by atoms with E-state index in [9.17, 15) is 4.79 Å². The Morgan fingerprint density at radius 1 is 1.39 bits per heavy atom. The van der Waals surface area contributed by atoms with E-state index < -0.39 is 0 Å². The van der Waals surface area contributed by atoms with Crippen LogP contribution in [0.5, 0.6) is 0 Å². The van der Waals surface area contributed by atoms with E-state index >= 15 is 0 Å². The quantitative estimate of drug-likeness (QED) is 0.368. The molecule has 0 radical (unpaired) electrons. The van der Waals surface area contributed by atoms with Crippen molar-refractivity contribution in [1.82, 2.24) is 9.55 Å². The van der Waals surface area contributed by atoms with E-state index in [1.165, 1.54) is 11.3 Å². The molecular weight excluding hydrogens is 346 g/mol. The second-order valence-corrected chi connectivity index (χ2v) is 7.90. The minimum atomic E-state index is 0.0131. The van der Waals surface area contributed by atoms with E-state index in [0.717, 1.165) is 39.0 Å². The van der Waals surface area contributed by atoms with Crippen LogP contribution in [-0.4, -0.2) is 15.3 Å². The summed E-state index contributed by atoms with van der Waals surface area (Å²) in [5.41, 5.74) is 0.998. The Labute approximate surface area is 146 Å². The lowest BCUT2D eigenvalue weighted by Crippen LogP contribution is -2.19. The molecule has 0 saturated carbocycles. The van der Waals surface area contributed by atoms with Gasteiger partial charge in [-0.25, -0.2) is 4.98 Å². The highest BCUT2D eigenvalue weighted by Crippen LogP contribution is 2.34. The van der Waals surface area contributed by atoms with Gasteiger partial charge in [0.25, 0.3) is 5.56 Å². The fourth-order valence-corrected chi connectivity index (χ4v) is 5.04. The van der Waals surface area contributed by atoms with Gasteiger partial charge in [0.2, 0.25) is 0 Å². The van der Waals surface area contributed by atoms with E-state index in [2.05, 4.69) is 11.1 Å². The molecule has 0 fully saturated rings. The number of hydrogen-bond acceptors (Lipinski definition) is 6. The number of hydrogen-bond donors (Lipinski definition) is 0. The van der Waals surface area contributed by atoms with Crippen molar-refractivity contribution < 1.29 is 0 Å². The first kappa shape index (κ1) is 16.2. The van der Waals surface area contributed by atoms with Crippen LogP contribution in [0.15, 0.2) is 32.8 Å². The molecule has 0 aliphatic heterocycles. The third kappa shape index (κ3) is 3.34. The summed E-state index contributed by atoms with van der Waals surface area (Å²) in [7, 11) is 1.78. The summed E-state index contributed by atoms with van der Waals surface area (Å²) in [6.07, 6.45) is 2.43. The minimum Gasteiger partial charge on any atom is -0.290 e. The minimum absolute atomic E-state index is 0.0131. The molecule has 0 amide bonds. The predicted octanol–water partition coefficient (Wildman–Crippen LogP) is 4.51. The van der Waals surface area contributed by atoms with Crippen molar-refractivity contribution >= 4 is 44.7 Å². The van der Waals surface area contributed by atoms with Crippen molar-refractivity contribution in [2.75, 3.05) is 5.75 Å². The Hall–Kier alpha value is -1.62. The van der Waals surface area contributed by atoms with Crippen LogP contribution in [0.3, 0.4) is 0 Å². The van der Waals surface area contributed by atoms with Crippen molar-refractivity contribution in [2.45, 2.75) is 24.4 Å². The van der Waals surface area contributed by atoms with Crippen LogP contribution >= 0.6 is 34.4 Å². The van der Waals surface area contributed by atoms with Crippen molar-refractivity contribution in [3.05, 3.63) is 33.2 Å². The fraction of sp³-hybridized carbons (Fsp3) is 0.312. The standard InChI is InChI=1S/C16H15N3OS3/c1-19-15(20)13-11(12-6-5-9-21-12)10-23-14(13)18-16(19)22-8-4-2-3-7-17/h5-6,9-10H,2-4,8H2,1H3. The highest BCUT2D eigenvalue weighted by Gasteiger charge is 2.16. The maximum atomic E-state index is 12.7. The second-order valence-electron chi connectivity index (χ2n) is 5.03.